The number of nitrogens with zero attached hydrogens (tertiary/aromatic N) is 1. The van der Waals surface area contributed by atoms with E-state index in [-0.39, 0.29) is 25.5 Å². The van der Waals surface area contributed by atoms with E-state index in [9.17, 15) is 19.5 Å². The molecule has 0 bridgehead atoms. The van der Waals surface area contributed by atoms with Crippen LogP contribution in [0.25, 0.3) is 11.1 Å². The minimum atomic E-state index is -1.22. The van der Waals surface area contributed by atoms with Crippen molar-refractivity contribution in [3.8, 4) is 11.1 Å². The number of aliphatic carboxylic acids is 2. The lowest BCUT2D eigenvalue weighted by Crippen LogP contribution is -2.41. The van der Waals surface area contributed by atoms with Crippen molar-refractivity contribution in [1.29, 1.82) is 0 Å². The summed E-state index contributed by atoms with van der Waals surface area (Å²) in [5, 5.41) is 18.5. The molecular weight excluding hydrogens is 362 g/mol. The summed E-state index contributed by atoms with van der Waals surface area (Å²) in [6.45, 7) is -0.101. The Hall–Kier alpha value is -3.35. The van der Waals surface area contributed by atoms with Gasteiger partial charge in [-0.3, -0.25) is 9.69 Å². The van der Waals surface area contributed by atoms with Gasteiger partial charge in [-0.15, -0.1) is 0 Å². The number of amides is 1. The van der Waals surface area contributed by atoms with Crippen molar-refractivity contribution in [2.75, 3.05) is 13.2 Å². The van der Waals surface area contributed by atoms with Crippen LogP contribution in [0.15, 0.2) is 48.5 Å². The molecule has 0 aromatic heterocycles. The number of likely N-dealkylation sites (tertiary alicyclic amines) is 1. The summed E-state index contributed by atoms with van der Waals surface area (Å²) in [5.74, 6) is -3.38. The first-order valence-corrected chi connectivity index (χ1v) is 9.04. The first-order valence-electron chi connectivity index (χ1n) is 9.04. The molecule has 1 saturated heterocycles. The van der Waals surface area contributed by atoms with Crippen LogP contribution in [0, 0.1) is 5.92 Å². The van der Waals surface area contributed by atoms with E-state index in [2.05, 4.69) is 0 Å². The van der Waals surface area contributed by atoms with Crippen LogP contribution in [0.3, 0.4) is 0 Å². The van der Waals surface area contributed by atoms with Crippen LogP contribution in [0.1, 0.15) is 23.5 Å². The molecule has 2 aromatic rings. The highest BCUT2D eigenvalue weighted by Gasteiger charge is 2.43. The van der Waals surface area contributed by atoms with Crippen LogP contribution in [0.4, 0.5) is 4.79 Å². The zero-order valence-corrected chi connectivity index (χ0v) is 14.9. The molecular formula is C21H19NO6. The molecule has 2 atom stereocenters. The Morgan fingerprint density at radius 1 is 0.929 bits per heavy atom. The van der Waals surface area contributed by atoms with E-state index in [0.717, 1.165) is 27.2 Å². The third kappa shape index (κ3) is 2.98. The number of carbonyl (C=O) groups is 3. The van der Waals surface area contributed by atoms with E-state index in [1.165, 1.54) is 0 Å². The lowest BCUT2D eigenvalue weighted by molar-refractivity contribution is -0.141. The van der Waals surface area contributed by atoms with E-state index in [4.69, 9.17) is 9.84 Å². The maximum absolute atomic E-state index is 12.6. The maximum Gasteiger partial charge on any atom is 0.410 e. The van der Waals surface area contributed by atoms with Gasteiger partial charge in [0, 0.05) is 12.5 Å². The number of carboxylic acids is 2. The fraction of sp³-hybridized carbons (Fsp3) is 0.286. The Bertz CT molecular complexity index is 910. The normalized spacial score (nSPS) is 20.5. The van der Waals surface area contributed by atoms with Crippen LogP contribution in [0.5, 0.6) is 0 Å². The molecule has 1 amide bonds. The lowest BCUT2D eigenvalue weighted by Gasteiger charge is -2.22. The number of benzene rings is 2. The number of hydrogen-bond acceptors (Lipinski definition) is 4. The summed E-state index contributed by atoms with van der Waals surface area (Å²) >= 11 is 0. The Morgan fingerprint density at radius 2 is 1.50 bits per heavy atom. The number of fused-ring (bicyclic) bond motifs is 3. The van der Waals surface area contributed by atoms with Gasteiger partial charge in [0.1, 0.15) is 12.6 Å². The quantitative estimate of drug-likeness (QED) is 0.844. The van der Waals surface area contributed by atoms with Crippen molar-refractivity contribution < 1.29 is 29.3 Å². The van der Waals surface area contributed by atoms with E-state index < -0.39 is 30.0 Å². The van der Waals surface area contributed by atoms with Gasteiger partial charge in [0.2, 0.25) is 0 Å². The summed E-state index contributed by atoms with van der Waals surface area (Å²) in [4.78, 5) is 36.2. The summed E-state index contributed by atoms with van der Waals surface area (Å²) in [7, 11) is 0. The molecule has 1 aliphatic heterocycles. The van der Waals surface area contributed by atoms with E-state index in [1.807, 2.05) is 48.5 Å². The molecule has 4 rings (SSSR count). The molecule has 1 heterocycles. The van der Waals surface area contributed by atoms with Crippen molar-refractivity contribution in [3.63, 3.8) is 0 Å². The van der Waals surface area contributed by atoms with Gasteiger partial charge in [0.25, 0.3) is 0 Å². The highest BCUT2D eigenvalue weighted by molar-refractivity contribution is 5.84. The number of carboxylic acid groups (broad SMARTS) is 2. The van der Waals surface area contributed by atoms with Crippen molar-refractivity contribution in [2.24, 2.45) is 5.92 Å². The smallest absolute Gasteiger partial charge is 0.410 e. The summed E-state index contributed by atoms with van der Waals surface area (Å²) in [5.41, 5.74) is 4.29. The van der Waals surface area contributed by atoms with Crippen molar-refractivity contribution in [1.82, 2.24) is 4.90 Å². The second-order valence-corrected chi connectivity index (χ2v) is 7.08. The molecule has 2 aliphatic rings. The summed E-state index contributed by atoms with van der Waals surface area (Å²) < 4.78 is 5.46. The average Bonchev–Trinajstić information content (AvgIpc) is 3.27. The Morgan fingerprint density at radius 3 is 2.04 bits per heavy atom. The van der Waals surface area contributed by atoms with Gasteiger partial charge in [-0.2, -0.15) is 0 Å². The lowest BCUT2D eigenvalue weighted by atomic mass is 9.98. The molecule has 1 aliphatic carbocycles. The average molecular weight is 381 g/mol. The second-order valence-electron chi connectivity index (χ2n) is 7.08. The number of ether oxygens (including phenoxy) is 1. The van der Waals surface area contributed by atoms with E-state index >= 15 is 0 Å². The molecule has 1 unspecified atom stereocenters. The highest BCUT2D eigenvalue weighted by atomic mass is 16.6. The standard InChI is InChI=1S/C21H19NO6/c23-19(24)12-9-18(20(25)26)22(10-12)21(27)28-11-17-15-7-3-1-5-13(15)14-6-2-4-8-16(14)17/h1-8,12,17-18H,9-11H2,(H,23,24)(H,25,26)/t12-,18?/m1/s1. The van der Waals surface area contributed by atoms with Crippen molar-refractivity contribution >= 4 is 18.0 Å². The number of hydrogen-bond donors (Lipinski definition) is 2. The SMILES string of the molecule is O=C(O)C1C[C@@H](C(=O)O)CN1C(=O)OCC1c2ccccc2-c2ccccc21. The zero-order valence-electron chi connectivity index (χ0n) is 14.9. The third-order valence-corrected chi connectivity index (χ3v) is 5.51. The van der Waals surface area contributed by atoms with Gasteiger partial charge in [-0.25, -0.2) is 9.59 Å². The van der Waals surface area contributed by atoms with Gasteiger partial charge >= 0.3 is 18.0 Å². The van der Waals surface area contributed by atoms with E-state index in [0.29, 0.717) is 0 Å². The minimum absolute atomic E-state index is 0.0629. The first-order chi connectivity index (χ1) is 13.5. The molecule has 2 N–H and O–H groups in total. The number of rotatable bonds is 4. The third-order valence-electron chi connectivity index (χ3n) is 5.51. The molecule has 2 aromatic carbocycles. The Kier molecular flexibility index (Phi) is 4.50. The predicted octanol–water partition coefficient (Wildman–Crippen LogP) is 2.80. The highest BCUT2D eigenvalue weighted by Crippen LogP contribution is 2.44. The fourth-order valence-corrected chi connectivity index (χ4v) is 4.13. The number of carbonyl (C=O) groups excluding carboxylic acids is 1. The van der Waals surface area contributed by atoms with Crippen LogP contribution >= 0.6 is 0 Å². The predicted molar refractivity (Wildman–Crippen MR) is 98.9 cm³/mol. The van der Waals surface area contributed by atoms with Crippen LogP contribution < -0.4 is 0 Å². The topological polar surface area (TPSA) is 104 Å². The second kappa shape index (κ2) is 6.99. The molecule has 0 saturated carbocycles. The molecule has 28 heavy (non-hydrogen) atoms. The van der Waals surface area contributed by atoms with Crippen molar-refractivity contribution in [2.45, 2.75) is 18.4 Å². The zero-order chi connectivity index (χ0) is 19.8. The first kappa shape index (κ1) is 18.0. The molecule has 7 nitrogen and oxygen atoms in total. The van der Waals surface area contributed by atoms with Crippen LogP contribution in [-0.2, 0) is 14.3 Å². The van der Waals surface area contributed by atoms with Crippen molar-refractivity contribution in [3.05, 3.63) is 59.7 Å². The van der Waals surface area contributed by atoms with Crippen LogP contribution in [0.2, 0.25) is 0 Å². The van der Waals surface area contributed by atoms with E-state index in [1.54, 1.807) is 0 Å². The largest absolute Gasteiger partial charge is 0.481 e. The van der Waals surface area contributed by atoms with Gasteiger partial charge in [0.05, 0.1) is 5.92 Å². The molecule has 0 radical (unpaired) electrons. The summed E-state index contributed by atoms with van der Waals surface area (Å²) in [6.07, 6.45) is -0.910. The summed E-state index contributed by atoms with van der Waals surface area (Å²) in [6, 6.07) is 14.6. The Labute approximate surface area is 161 Å². The molecule has 7 heteroatoms. The van der Waals surface area contributed by atoms with Gasteiger partial charge in [0.15, 0.2) is 0 Å². The molecule has 144 valence electrons. The van der Waals surface area contributed by atoms with Crippen LogP contribution in [-0.4, -0.2) is 52.3 Å². The van der Waals surface area contributed by atoms with Gasteiger partial charge in [-0.05, 0) is 28.7 Å². The monoisotopic (exact) mass is 381 g/mol. The fourth-order valence-electron chi connectivity index (χ4n) is 4.13. The molecule has 0 spiro atoms. The minimum Gasteiger partial charge on any atom is -0.481 e. The Balaban J connectivity index is 1.52. The maximum atomic E-state index is 12.6. The van der Waals surface area contributed by atoms with Gasteiger partial charge in [-0.1, -0.05) is 48.5 Å². The molecule has 1 fully saturated rings. The van der Waals surface area contributed by atoms with Gasteiger partial charge < -0.3 is 14.9 Å².